The van der Waals surface area contributed by atoms with Crippen LogP contribution in [-0.4, -0.2) is 33.4 Å². The molecule has 1 amide bonds. The first kappa shape index (κ1) is 22.8. The zero-order valence-corrected chi connectivity index (χ0v) is 18.4. The zero-order valence-electron chi connectivity index (χ0n) is 17.6. The molecule has 9 nitrogen and oxygen atoms in total. The normalized spacial score (nSPS) is 11.0. The molecule has 166 valence electrons. The number of amides is 1. The van der Waals surface area contributed by atoms with Crippen LogP contribution in [0.5, 0.6) is 5.75 Å². The maximum Gasteiger partial charge on any atom is 0.273 e. The van der Waals surface area contributed by atoms with Crippen LogP contribution in [0.2, 0.25) is 0 Å². The SMILES string of the molecule is COc1ccccc1N(C)C(=O)c1ccc(NS(=O)(=O)c2ccc(C)c([N+](=O)[O-])c2)cc1. The lowest BCUT2D eigenvalue weighted by Crippen LogP contribution is -2.26. The Labute approximate surface area is 185 Å². The van der Waals surface area contributed by atoms with Gasteiger partial charge in [-0.05, 0) is 49.4 Å². The third-order valence-corrected chi connectivity index (χ3v) is 6.20. The first-order valence-electron chi connectivity index (χ1n) is 9.43. The van der Waals surface area contributed by atoms with E-state index < -0.39 is 14.9 Å². The number of carbonyl (C=O) groups excluding carboxylic acids is 1. The summed E-state index contributed by atoms with van der Waals surface area (Å²) in [5.74, 6) is 0.234. The summed E-state index contributed by atoms with van der Waals surface area (Å²) in [6, 6.07) is 16.6. The van der Waals surface area contributed by atoms with Crippen LogP contribution in [0.1, 0.15) is 15.9 Å². The summed E-state index contributed by atoms with van der Waals surface area (Å²) >= 11 is 0. The largest absolute Gasteiger partial charge is 0.495 e. The second kappa shape index (κ2) is 9.06. The number of carbonyl (C=O) groups is 1. The molecule has 0 atom stereocenters. The Hall–Kier alpha value is -3.92. The molecule has 0 saturated heterocycles. The Balaban J connectivity index is 1.80. The highest BCUT2D eigenvalue weighted by Crippen LogP contribution is 2.28. The maximum atomic E-state index is 12.8. The molecule has 0 fully saturated rings. The molecule has 1 N–H and O–H groups in total. The van der Waals surface area contributed by atoms with E-state index >= 15 is 0 Å². The summed E-state index contributed by atoms with van der Waals surface area (Å²) < 4.78 is 33.0. The van der Waals surface area contributed by atoms with E-state index in [1.165, 1.54) is 55.3 Å². The van der Waals surface area contributed by atoms with Crippen LogP contribution < -0.4 is 14.4 Å². The van der Waals surface area contributed by atoms with Crippen molar-refractivity contribution in [3.8, 4) is 5.75 Å². The van der Waals surface area contributed by atoms with Crippen molar-refractivity contribution in [3.05, 3.63) is 88.0 Å². The molecule has 0 aliphatic heterocycles. The fourth-order valence-corrected chi connectivity index (χ4v) is 4.14. The van der Waals surface area contributed by atoms with Gasteiger partial charge in [-0.2, -0.15) is 0 Å². The van der Waals surface area contributed by atoms with Gasteiger partial charge >= 0.3 is 0 Å². The molecule has 3 aromatic carbocycles. The molecule has 0 aliphatic carbocycles. The number of aryl methyl sites for hydroxylation is 1. The van der Waals surface area contributed by atoms with Crippen molar-refractivity contribution in [3.63, 3.8) is 0 Å². The molecule has 0 radical (unpaired) electrons. The van der Waals surface area contributed by atoms with Crippen molar-refractivity contribution < 1.29 is 22.9 Å². The third kappa shape index (κ3) is 4.70. The van der Waals surface area contributed by atoms with Gasteiger partial charge < -0.3 is 9.64 Å². The van der Waals surface area contributed by atoms with E-state index in [1.54, 1.807) is 31.3 Å². The number of rotatable bonds is 7. The highest BCUT2D eigenvalue weighted by atomic mass is 32.2. The van der Waals surface area contributed by atoms with Gasteiger partial charge in [0.1, 0.15) is 5.75 Å². The molecule has 0 spiro atoms. The number of nitro benzene ring substituents is 1. The van der Waals surface area contributed by atoms with Crippen LogP contribution in [0.25, 0.3) is 0 Å². The summed E-state index contributed by atoms with van der Waals surface area (Å²) in [7, 11) is -0.927. The fourth-order valence-electron chi connectivity index (χ4n) is 3.06. The summed E-state index contributed by atoms with van der Waals surface area (Å²) in [6.45, 7) is 1.53. The lowest BCUT2D eigenvalue weighted by atomic mass is 10.1. The predicted octanol–water partition coefficient (Wildman–Crippen LogP) is 3.99. The van der Waals surface area contributed by atoms with Gasteiger partial charge in [-0.3, -0.25) is 19.6 Å². The molecule has 0 aliphatic rings. The van der Waals surface area contributed by atoms with Crippen LogP contribution in [-0.2, 0) is 10.0 Å². The molecule has 0 heterocycles. The Bertz CT molecular complexity index is 1270. The van der Waals surface area contributed by atoms with E-state index in [9.17, 15) is 23.3 Å². The lowest BCUT2D eigenvalue weighted by Gasteiger charge is -2.20. The number of nitrogens with one attached hydrogen (secondary N) is 1. The predicted molar refractivity (Wildman–Crippen MR) is 121 cm³/mol. The van der Waals surface area contributed by atoms with E-state index in [1.807, 2.05) is 0 Å². The number of benzene rings is 3. The number of nitrogens with zero attached hydrogens (tertiary/aromatic N) is 2. The number of ether oxygens (including phenoxy) is 1. The maximum absolute atomic E-state index is 12.8. The topological polar surface area (TPSA) is 119 Å². The number of sulfonamides is 1. The van der Waals surface area contributed by atoms with Crippen molar-refractivity contribution >= 4 is 33.0 Å². The average Bonchev–Trinajstić information content (AvgIpc) is 2.78. The quantitative estimate of drug-likeness (QED) is 0.425. The van der Waals surface area contributed by atoms with E-state index in [-0.39, 0.29) is 22.2 Å². The molecule has 10 heteroatoms. The number of para-hydroxylation sites is 2. The second-order valence-corrected chi connectivity index (χ2v) is 8.61. The van der Waals surface area contributed by atoms with E-state index in [2.05, 4.69) is 4.72 Å². The number of hydrogen-bond acceptors (Lipinski definition) is 6. The van der Waals surface area contributed by atoms with Crippen LogP contribution in [0.15, 0.2) is 71.6 Å². The van der Waals surface area contributed by atoms with Gasteiger partial charge in [0.05, 0.1) is 22.6 Å². The summed E-state index contributed by atoms with van der Waals surface area (Å²) in [5.41, 5.74) is 1.21. The molecule has 0 saturated carbocycles. The zero-order chi connectivity index (χ0) is 23.5. The number of nitro groups is 1. The van der Waals surface area contributed by atoms with Crippen molar-refractivity contribution in [2.75, 3.05) is 23.8 Å². The van der Waals surface area contributed by atoms with Crippen LogP contribution in [0.4, 0.5) is 17.1 Å². The molecule has 0 unspecified atom stereocenters. The lowest BCUT2D eigenvalue weighted by molar-refractivity contribution is -0.385. The smallest absolute Gasteiger partial charge is 0.273 e. The Kier molecular flexibility index (Phi) is 6.45. The van der Waals surface area contributed by atoms with E-state index in [0.29, 0.717) is 22.6 Å². The molecule has 0 bridgehead atoms. The first-order chi connectivity index (χ1) is 15.1. The molecule has 32 heavy (non-hydrogen) atoms. The highest BCUT2D eigenvalue weighted by Gasteiger charge is 2.21. The van der Waals surface area contributed by atoms with Crippen molar-refractivity contribution in [2.45, 2.75) is 11.8 Å². The summed E-state index contributed by atoms with van der Waals surface area (Å²) in [5, 5.41) is 11.1. The van der Waals surface area contributed by atoms with Gasteiger partial charge in [-0.1, -0.05) is 18.2 Å². The summed E-state index contributed by atoms with van der Waals surface area (Å²) in [6.07, 6.45) is 0. The molecular weight excluding hydrogens is 434 g/mol. The van der Waals surface area contributed by atoms with Crippen molar-refractivity contribution in [1.82, 2.24) is 0 Å². The third-order valence-electron chi connectivity index (χ3n) is 4.82. The molecule has 3 aromatic rings. The van der Waals surface area contributed by atoms with Gasteiger partial charge in [0.25, 0.3) is 21.6 Å². The van der Waals surface area contributed by atoms with Gasteiger partial charge in [-0.15, -0.1) is 0 Å². The van der Waals surface area contributed by atoms with Crippen LogP contribution in [0.3, 0.4) is 0 Å². The average molecular weight is 455 g/mol. The highest BCUT2D eigenvalue weighted by molar-refractivity contribution is 7.92. The minimum atomic E-state index is -4.05. The standard InChI is InChI=1S/C22H21N3O6S/c1-15-8-13-18(14-20(15)25(27)28)32(29,30)23-17-11-9-16(10-12-17)22(26)24(2)19-6-4-5-7-21(19)31-3/h4-14,23H,1-3H3. The van der Waals surface area contributed by atoms with Gasteiger partial charge in [0.15, 0.2) is 0 Å². The summed E-state index contributed by atoms with van der Waals surface area (Å²) in [4.78, 5) is 24.5. The molecular formula is C22H21N3O6S. The Morgan fingerprint density at radius 2 is 1.72 bits per heavy atom. The number of anilines is 2. The van der Waals surface area contributed by atoms with Gasteiger partial charge in [0.2, 0.25) is 0 Å². The van der Waals surface area contributed by atoms with Gasteiger partial charge in [-0.25, -0.2) is 8.42 Å². The first-order valence-corrected chi connectivity index (χ1v) is 10.9. The molecule has 0 aromatic heterocycles. The van der Waals surface area contributed by atoms with Crippen molar-refractivity contribution in [1.29, 1.82) is 0 Å². The number of methoxy groups -OCH3 is 1. The van der Waals surface area contributed by atoms with E-state index in [4.69, 9.17) is 4.74 Å². The monoisotopic (exact) mass is 455 g/mol. The second-order valence-electron chi connectivity index (χ2n) is 6.92. The Morgan fingerprint density at radius 1 is 1.06 bits per heavy atom. The van der Waals surface area contributed by atoms with Crippen LogP contribution in [0, 0.1) is 17.0 Å². The van der Waals surface area contributed by atoms with Gasteiger partial charge in [0, 0.05) is 29.9 Å². The fraction of sp³-hybridized carbons (Fsp3) is 0.136. The molecule has 3 rings (SSSR count). The minimum Gasteiger partial charge on any atom is -0.495 e. The van der Waals surface area contributed by atoms with Crippen molar-refractivity contribution in [2.24, 2.45) is 0 Å². The number of hydrogen-bond donors (Lipinski definition) is 1. The Morgan fingerprint density at radius 3 is 2.34 bits per heavy atom. The minimum absolute atomic E-state index is 0.213. The van der Waals surface area contributed by atoms with E-state index in [0.717, 1.165) is 6.07 Å². The van der Waals surface area contributed by atoms with Crippen LogP contribution >= 0.6 is 0 Å².